The summed E-state index contributed by atoms with van der Waals surface area (Å²) in [6, 6.07) is 5.06. The molecule has 5 nitrogen and oxygen atoms in total. The van der Waals surface area contributed by atoms with Crippen molar-refractivity contribution in [1.29, 1.82) is 0 Å². The van der Waals surface area contributed by atoms with Gasteiger partial charge in [0, 0.05) is 0 Å². The number of hydrogen-bond acceptors (Lipinski definition) is 5. The molecule has 1 aliphatic rings. The van der Waals surface area contributed by atoms with Gasteiger partial charge in [0.25, 0.3) is 5.91 Å². The van der Waals surface area contributed by atoms with Gasteiger partial charge in [-0.3, -0.25) is 14.5 Å². The molecule has 1 heterocycles. The molecule has 1 amide bonds. The smallest absolute Gasteiger partial charge is 0.323 e. The van der Waals surface area contributed by atoms with Crippen LogP contribution in [-0.4, -0.2) is 37.9 Å². The molecular weight excluding hydrogens is 310 g/mol. The van der Waals surface area contributed by atoms with E-state index in [2.05, 4.69) is 0 Å². The van der Waals surface area contributed by atoms with Crippen molar-refractivity contribution in [3.8, 4) is 5.75 Å². The van der Waals surface area contributed by atoms with Crippen LogP contribution in [0.25, 0.3) is 6.08 Å². The van der Waals surface area contributed by atoms with Crippen LogP contribution in [0.4, 0.5) is 0 Å². The number of aromatic hydroxyl groups is 1. The van der Waals surface area contributed by atoms with Crippen LogP contribution < -0.4 is 0 Å². The number of carboxylic acid groups (broad SMARTS) is 1. The van der Waals surface area contributed by atoms with Gasteiger partial charge in [0.05, 0.1) is 4.91 Å². The number of rotatable bonds is 4. The van der Waals surface area contributed by atoms with E-state index in [1.54, 1.807) is 24.3 Å². The van der Waals surface area contributed by atoms with Gasteiger partial charge in [-0.2, -0.15) is 0 Å². The number of nitrogens with zero attached hydrogens (tertiary/aromatic N) is 1. The van der Waals surface area contributed by atoms with Crippen molar-refractivity contribution in [2.45, 2.75) is 13.3 Å². The summed E-state index contributed by atoms with van der Waals surface area (Å²) in [7, 11) is 0. The predicted octanol–water partition coefficient (Wildman–Crippen LogP) is 2.24. The Morgan fingerprint density at radius 2 is 2.19 bits per heavy atom. The molecule has 1 saturated heterocycles. The third-order valence-corrected chi connectivity index (χ3v) is 4.33. The van der Waals surface area contributed by atoms with Crippen molar-refractivity contribution in [1.82, 2.24) is 4.90 Å². The minimum absolute atomic E-state index is 0.216. The van der Waals surface area contributed by atoms with E-state index >= 15 is 0 Å². The van der Waals surface area contributed by atoms with Crippen molar-refractivity contribution in [2.24, 2.45) is 0 Å². The van der Waals surface area contributed by atoms with Crippen LogP contribution in [0.5, 0.6) is 5.75 Å². The number of aryl methyl sites for hydroxylation is 1. The van der Waals surface area contributed by atoms with Crippen molar-refractivity contribution >= 4 is 46.3 Å². The Bertz CT molecular complexity index is 654. The number of hydrogen-bond donors (Lipinski definition) is 2. The van der Waals surface area contributed by atoms with E-state index in [1.807, 2.05) is 6.92 Å². The predicted molar refractivity (Wildman–Crippen MR) is 85.0 cm³/mol. The van der Waals surface area contributed by atoms with Gasteiger partial charge < -0.3 is 10.2 Å². The molecular formula is C14H13NO4S2. The van der Waals surface area contributed by atoms with Crippen LogP contribution in [0.1, 0.15) is 18.1 Å². The maximum atomic E-state index is 12.1. The molecule has 7 heteroatoms. The highest BCUT2D eigenvalue weighted by Crippen LogP contribution is 2.33. The summed E-state index contributed by atoms with van der Waals surface area (Å²) in [4.78, 5) is 24.3. The maximum absolute atomic E-state index is 12.1. The SMILES string of the molecule is CCc1cc(/C=C2\SC(=S)N(CC(=O)O)C2=O)ccc1O. The maximum Gasteiger partial charge on any atom is 0.323 e. The van der Waals surface area contributed by atoms with Crippen molar-refractivity contribution in [3.63, 3.8) is 0 Å². The molecule has 2 rings (SSSR count). The molecule has 0 spiro atoms. The quantitative estimate of drug-likeness (QED) is 0.653. The van der Waals surface area contributed by atoms with E-state index in [0.29, 0.717) is 11.3 Å². The van der Waals surface area contributed by atoms with Gasteiger partial charge in [-0.25, -0.2) is 0 Å². The molecule has 0 aromatic heterocycles. The minimum atomic E-state index is -1.11. The summed E-state index contributed by atoms with van der Waals surface area (Å²) < 4.78 is 0.239. The molecule has 1 aliphatic heterocycles. The Balaban J connectivity index is 2.28. The fourth-order valence-electron chi connectivity index (χ4n) is 1.90. The van der Waals surface area contributed by atoms with Gasteiger partial charge in [-0.15, -0.1) is 0 Å². The van der Waals surface area contributed by atoms with Gasteiger partial charge in [-0.05, 0) is 35.8 Å². The van der Waals surface area contributed by atoms with Crippen molar-refractivity contribution in [2.75, 3.05) is 6.54 Å². The number of carboxylic acids is 1. The van der Waals surface area contributed by atoms with E-state index in [4.69, 9.17) is 17.3 Å². The number of carbonyl (C=O) groups excluding carboxylic acids is 1. The molecule has 0 saturated carbocycles. The third-order valence-electron chi connectivity index (χ3n) is 2.95. The van der Waals surface area contributed by atoms with E-state index in [-0.39, 0.29) is 10.1 Å². The van der Waals surface area contributed by atoms with Gasteiger partial charge in [0.1, 0.15) is 16.6 Å². The first-order valence-electron chi connectivity index (χ1n) is 6.21. The zero-order chi connectivity index (χ0) is 15.6. The number of benzene rings is 1. The van der Waals surface area contributed by atoms with Gasteiger partial charge in [-0.1, -0.05) is 37.0 Å². The Morgan fingerprint density at radius 3 is 2.81 bits per heavy atom. The number of phenols is 1. The van der Waals surface area contributed by atoms with E-state index in [1.165, 1.54) is 0 Å². The lowest BCUT2D eigenvalue weighted by Crippen LogP contribution is -2.33. The zero-order valence-electron chi connectivity index (χ0n) is 11.2. The van der Waals surface area contributed by atoms with Gasteiger partial charge in [0.15, 0.2) is 0 Å². The van der Waals surface area contributed by atoms with E-state index in [0.717, 1.165) is 27.8 Å². The zero-order valence-corrected chi connectivity index (χ0v) is 12.8. The molecule has 2 N–H and O–H groups in total. The summed E-state index contributed by atoms with van der Waals surface area (Å²) in [6.07, 6.45) is 2.33. The van der Waals surface area contributed by atoms with Crippen LogP contribution in [0.2, 0.25) is 0 Å². The molecule has 0 atom stereocenters. The summed E-state index contributed by atoms with van der Waals surface area (Å²) in [5.74, 6) is -1.29. The number of thioether (sulfide) groups is 1. The second-order valence-electron chi connectivity index (χ2n) is 4.40. The Hall–Kier alpha value is -1.86. The molecule has 0 aliphatic carbocycles. The highest BCUT2D eigenvalue weighted by molar-refractivity contribution is 8.26. The first-order valence-corrected chi connectivity index (χ1v) is 7.44. The molecule has 0 bridgehead atoms. The van der Waals surface area contributed by atoms with Crippen LogP contribution >= 0.6 is 24.0 Å². The monoisotopic (exact) mass is 323 g/mol. The lowest BCUT2D eigenvalue weighted by molar-refractivity contribution is -0.140. The normalized spacial score (nSPS) is 16.8. The summed E-state index contributed by atoms with van der Waals surface area (Å²) in [5, 5.41) is 18.4. The molecule has 21 heavy (non-hydrogen) atoms. The molecule has 1 aromatic carbocycles. The fourth-order valence-corrected chi connectivity index (χ4v) is 3.16. The lowest BCUT2D eigenvalue weighted by Gasteiger charge is -2.10. The largest absolute Gasteiger partial charge is 0.508 e. The molecule has 1 fully saturated rings. The van der Waals surface area contributed by atoms with E-state index < -0.39 is 18.4 Å². The second kappa shape index (κ2) is 6.28. The average Bonchev–Trinajstić information content (AvgIpc) is 2.68. The first-order chi connectivity index (χ1) is 9.92. The Kier molecular flexibility index (Phi) is 4.64. The Morgan fingerprint density at radius 1 is 1.48 bits per heavy atom. The number of thiocarbonyl (C=S) groups is 1. The highest BCUT2D eigenvalue weighted by atomic mass is 32.2. The standard InChI is InChI=1S/C14H13NO4S2/c1-2-9-5-8(3-4-10(9)16)6-11-13(19)15(7-12(17)18)14(20)21-11/h3-6,16H,2,7H2,1H3,(H,17,18)/b11-6-. The van der Waals surface area contributed by atoms with Crippen molar-refractivity contribution < 1.29 is 19.8 Å². The van der Waals surface area contributed by atoms with Gasteiger partial charge in [0.2, 0.25) is 0 Å². The molecule has 0 radical (unpaired) electrons. The number of amides is 1. The summed E-state index contributed by atoms with van der Waals surface area (Å²) in [6.45, 7) is 1.49. The molecule has 110 valence electrons. The minimum Gasteiger partial charge on any atom is -0.508 e. The van der Waals surface area contributed by atoms with Crippen LogP contribution in [0, 0.1) is 0 Å². The average molecular weight is 323 g/mol. The Labute approximate surface area is 131 Å². The van der Waals surface area contributed by atoms with Crippen molar-refractivity contribution in [3.05, 3.63) is 34.2 Å². The summed E-state index contributed by atoms with van der Waals surface area (Å²) in [5.41, 5.74) is 1.55. The lowest BCUT2D eigenvalue weighted by atomic mass is 10.1. The fraction of sp³-hybridized carbons (Fsp3) is 0.214. The second-order valence-corrected chi connectivity index (χ2v) is 6.08. The first kappa shape index (κ1) is 15.5. The number of phenolic OH excluding ortho intramolecular Hbond substituents is 1. The van der Waals surface area contributed by atoms with Gasteiger partial charge >= 0.3 is 5.97 Å². The summed E-state index contributed by atoms with van der Waals surface area (Å²) >= 11 is 6.10. The third kappa shape index (κ3) is 3.43. The highest BCUT2D eigenvalue weighted by Gasteiger charge is 2.33. The number of carbonyl (C=O) groups is 2. The van der Waals surface area contributed by atoms with Crippen LogP contribution in [0.3, 0.4) is 0 Å². The van der Waals surface area contributed by atoms with Crippen LogP contribution in [0.15, 0.2) is 23.1 Å². The molecule has 1 aromatic rings. The topological polar surface area (TPSA) is 77.8 Å². The number of aliphatic carboxylic acids is 1. The molecule has 0 unspecified atom stereocenters. The van der Waals surface area contributed by atoms with Crippen LogP contribution in [-0.2, 0) is 16.0 Å². The van der Waals surface area contributed by atoms with E-state index in [9.17, 15) is 14.7 Å².